The number of carbonyl (C=O) groups is 3. The first kappa shape index (κ1) is 25.0. The van der Waals surface area contributed by atoms with Gasteiger partial charge in [0.1, 0.15) is 0 Å². The number of anilines is 2. The molecule has 0 saturated heterocycles. The molecule has 0 aliphatic rings. The maximum absolute atomic E-state index is 12.3. The summed E-state index contributed by atoms with van der Waals surface area (Å²) in [4.78, 5) is 37.8. The van der Waals surface area contributed by atoms with Crippen LogP contribution in [0.5, 0.6) is 0 Å². The summed E-state index contributed by atoms with van der Waals surface area (Å²) in [5, 5.41) is 17.9. The quantitative estimate of drug-likeness (QED) is 0.393. The van der Waals surface area contributed by atoms with Gasteiger partial charge in [-0.25, -0.2) is 0 Å². The highest BCUT2D eigenvalue weighted by molar-refractivity contribution is 8.00. The predicted molar refractivity (Wildman–Crippen MR) is 132 cm³/mol. The average Bonchev–Trinajstić information content (AvgIpc) is 2.78. The molecule has 170 valence electrons. The van der Waals surface area contributed by atoms with Crippen LogP contribution in [-0.4, -0.2) is 29.3 Å². The Hall–Kier alpha value is -2.65. The normalized spacial score (nSPS) is 10.5. The Labute approximate surface area is 209 Å². The molecule has 6 nitrogen and oxygen atoms in total. The van der Waals surface area contributed by atoms with Gasteiger partial charge < -0.3 is 20.5 Å². The Balaban J connectivity index is 1.61. The number of amides is 2. The Morgan fingerprint density at radius 2 is 1.09 bits per heavy atom. The van der Waals surface area contributed by atoms with E-state index in [1.807, 2.05) is 0 Å². The van der Waals surface area contributed by atoms with Gasteiger partial charge in [0.15, 0.2) is 0 Å². The van der Waals surface area contributed by atoms with E-state index in [-0.39, 0.29) is 40.3 Å². The van der Waals surface area contributed by atoms with Crippen LogP contribution in [0.2, 0.25) is 10.0 Å². The van der Waals surface area contributed by atoms with E-state index in [9.17, 15) is 19.5 Å². The maximum Gasteiger partial charge on any atom is 0.234 e. The van der Waals surface area contributed by atoms with Crippen LogP contribution in [0.1, 0.15) is 10.4 Å². The number of thioether (sulfide) groups is 2. The van der Waals surface area contributed by atoms with Crippen molar-refractivity contribution in [1.82, 2.24) is 0 Å². The minimum absolute atomic E-state index is 0.108. The lowest BCUT2D eigenvalue weighted by molar-refractivity contribution is -0.255. The Morgan fingerprint density at radius 3 is 1.45 bits per heavy atom. The van der Waals surface area contributed by atoms with E-state index in [4.69, 9.17) is 23.2 Å². The summed E-state index contributed by atoms with van der Waals surface area (Å²) < 4.78 is 0. The zero-order valence-electron chi connectivity index (χ0n) is 17.0. The molecule has 0 spiro atoms. The molecule has 10 heteroatoms. The van der Waals surface area contributed by atoms with Gasteiger partial charge in [-0.05, 0) is 66.7 Å². The first-order valence-electron chi connectivity index (χ1n) is 9.51. The molecule has 0 aromatic heterocycles. The Morgan fingerprint density at radius 1 is 0.697 bits per heavy atom. The largest absolute Gasteiger partial charge is 0.545 e. The van der Waals surface area contributed by atoms with Gasteiger partial charge in [0.05, 0.1) is 17.5 Å². The van der Waals surface area contributed by atoms with E-state index < -0.39 is 5.97 Å². The molecule has 0 radical (unpaired) electrons. The molecule has 0 unspecified atom stereocenters. The molecule has 33 heavy (non-hydrogen) atoms. The number of carbonyl (C=O) groups excluding carboxylic acids is 3. The molecule has 3 aromatic carbocycles. The summed E-state index contributed by atoms with van der Waals surface area (Å²) >= 11 is 14.3. The highest BCUT2D eigenvalue weighted by Gasteiger charge is 2.10. The molecule has 3 rings (SSSR count). The number of carboxylic acid groups (broad SMARTS) is 1. The molecule has 2 amide bonds. The van der Waals surface area contributed by atoms with Crippen molar-refractivity contribution in [2.45, 2.75) is 9.79 Å². The van der Waals surface area contributed by atoms with E-state index in [0.29, 0.717) is 10.0 Å². The standard InChI is InChI=1S/C23H18Cl2N2O4S2/c24-15-1-5-19(6-2-15)32-12-21(28)26-17-9-14(23(30)31)10-18(11-17)27-22(29)13-33-20-7-3-16(25)4-8-20/h1-11H,12-13H2,(H,26,28)(H,27,29)(H,30,31)/p-1. The Bertz CT molecular complexity index is 1070. The zero-order chi connectivity index (χ0) is 23.8. The highest BCUT2D eigenvalue weighted by Crippen LogP contribution is 2.24. The lowest BCUT2D eigenvalue weighted by Gasteiger charge is -2.13. The molecule has 0 aliphatic heterocycles. The highest BCUT2D eigenvalue weighted by atomic mass is 35.5. The second kappa shape index (κ2) is 12.0. The van der Waals surface area contributed by atoms with Crippen LogP contribution >= 0.6 is 46.7 Å². The molecule has 0 bridgehead atoms. The minimum Gasteiger partial charge on any atom is -0.545 e. The summed E-state index contributed by atoms with van der Waals surface area (Å²) in [7, 11) is 0. The Kier molecular flexibility index (Phi) is 9.08. The molecule has 0 heterocycles. The molecule has 0 fully saturated rings. The second-order valence-electron chi connectivity index (χ2n) is 6.67. The van der Waals surface area contributed by atoms with Crippen molar-refractivity contribution < 1.29 is 19.5 Å². The van der Waals surface area contributed by atoms with Crippen LogP contribution in [0.3, 0.4) is 0 Å². The first-order valence-corrected chi connectivity index (χ1v) is 12.2. The lowest BCUT2D eigenvalue weighted by atomic mass is 10.1. The number of rotatable bonds is 9. The smallest absolute Gasteiger partial charge is 0.234 e. The van der Waals surface area contributed by atoms with Crippen molar-refractivity contribution in [2.75, 3.05) is 22.1 Å². The van der Waals surface area contributed by atoms with Gasteiger partial charge in [-0.2, -0.15) is 0 Å². The molecule has 2 N–H and O–H groups in total. The number of nitrogens with one attached hydrogen (secondary N) is 2. The third kappa shape index (κ3) is 8.33. The summed E-state index contributed by atoms with van der Waals surface area (Å²) in [6.07, 6.45) is 0. The monoisotopic (exact) mass is 519 g/mol. The van der Waals surface area contributed by atoms with E-state index in [0.717, 1.165) is 9.79 Å². The van der Waals surface area contributed by atoms with Crippen LogP contribution in [0.4, 0.5) is 11.4 Å². The molecular formula is C23H17Cl2N2O4S2-. The molecule has 0 atom stereocenters. The molecule has 3 aromatic rings. The van der Waals surface area contributed by atoms with Crippen molar-refractivity contribution in [3.8, 4) is 0 Å². The van der Waals surface area contributed by atoms with Gasteiger partial charge in [-0.1, -0.05) is 23.2 Å². The van der Waals surface area contributed by atoms with Gasteiger partial charge in [-0.3, -0.25) is 9.59 Å². The van der Waals surface area contributed by atoms with E-state index in [1.54, 1.807) is 48.5 Å². The first-order chi connectivity index (χ1) is 15.8. The number of aromatic carboxylic acids is 1. The summed E-state index contributed by atoms with van der Waals surface area (Å²) in [5.74, 6) is -1.87. The minimum atomic E-state index is -1.42. The molecule has 0 saturated carbocycles. The van der Waals surface area contributed by atoms with Gasteiger partial charge >= 0.3 is 0 Å². The van der Waals surface area contributed by atoms with Crippen LogP contribution in [-0.2, 0) is 9.59 Å². The van der Waals surface area contributed by atoms with Gasteiger partial charge in [0.2, 0.25) is 11.8 Å². The number of benzene rings is 3. The number of hydrogen-bond donors (Lipinski definition) is 2. The maximum atomic E-state index is 12.3. The summed E-state index contributed by atoms with van der Waals surface area (Å²) in [6.45, 7) is 0. The van der Waals surface area contributed by atoms with Crippen LogP contribution in [0.15, 0.2) is 76.5 Å². The number of carboxylic acids is 1. The second-order valence-corrected chi connectivity index (χ2v) is 9.64. The van der Waals surface area contributed by atoms with Crippen molar-refractivity contribution in [3.05, 3.63) is 82.3 Å². The van der Waals surface area contributed by atoms with E-state index in [2.05, 4.69) is 10.6 Å². The fraction of sp³-hybridized carbons (Fsp3) is 0.0870. The van der Waals surface area contributed by atoms with Crippen LogP contribution in [0.25, 0.3) is 0 Å². The van der Waals surface area contributed by atoms with Crippen molar-refractivity contribution in [1.29, 1.82) is 0 Å². The van der Waals surface area contributed by atoms with E-state index in [1.165, 1.54) is 41.7 Å². The SMILES string of the molecule is O=C(CSc1ccc(Cl)cc1)Nc1cc(NC(=O)CSc2ccc(Cl)cc2)cc(C(=O)[O-])c1. The average molecular weight is 520 g/mol. The molecule has 0 aliphatic carbocycles. The third-order valence-electron chi connectivity index (χ3n) is 4.10. The fourth-order valence-corrected chi connectivity index (χ4v) is 4.29. The van der Waals surface area contributed by atoms with Crippen molar-refractivity contribution >= 4 is 75.9 Å². The molecular weight excluding hydrogens is 503 g/mol. The van der Waals surface area contributed by atoms with Crippen molar-refractivity contribution in [3.63, 3.8) is 0 Å². The van der Waals surface area contributed by atoms with Gasteiger partial charge in [0, 0.05) is 36.8 Å². The fourth-order valence-electron chi connectivity index (χ4n) is 2.64. The van der Waals surface area contributed by atoms with Crippen LogP contribution < -0.4 is 15.7 Å². The summed E-state index contributed by atoms with van der Waals surface area (Å²) in [5.41, 5.74) is 0.303. The van der Waals surface area contributed by atoms with Gasteiger partial charge in [-0.15, -0.1) is 23.5 Å². The van der Waals surface area contributed by atoms with Crippen LogP contribution in [0, 0.1) is 0 Å². The summed E-state index contributed by atoms with van der Waals surface area (Å²) in [6, 6.07) is 18.1. The third-order valence-corrected chi connectivity index (χ3v) is 6.63. The zero-order valence-corrected chi connectivity index (χ0v) is 20.1. The predicted octanol–water partition coefficient (Wildman–Crippen LogP) is 4.82. The number of halogens is 2. The number of hydrogen-bond acceptors (Lipinski definition) is 6. The van der Waals surface area contributed by atoms with E-state index >= 15 is 0 Å². The van der Waals surface area contributed by atoms with Crippen molar-refractivity contribution in [2.24, 2.45) is 0 Å². The topological polar surface area (TPSA) is 98.3 Å². The van der Waals surface area contributed by atoms with Gasteiger partial charge in [0.25, 0.3) is 0 Å². The lowest BCUT2D eigenvalue weighted by Crippen LogP contribution is -2.23.